The molecule has 1 aromatic rings. The SMILES string of the molecule is CCCN1CC=C(c2csc(N)n2)CC1.Cl.Cl. The van der Waals surface area contributed by atoms with Crippen LogP contribution in [0.15, 0.2) is 11.5 Å². The van der Waals surface area contributed by atoms with E-state index in [1.165, 1.54) is 29.9 Å². The monoisotopic (exact) mass is 295 g/mol. The number of thiazole rings is 1. The Labute approximate surface area is 119 Å². The Hall–Kier alpha value is -0.290. The third kappa shape index (κ3) is 4.47. The van der Waals surface area contributed by atoms with Gasteiger partial charge < -0.3 is 5.73 Å². The molecule has 0 fully saturated rings. The number of nitrogens with two attached hydrogens (primary N) is 1. The van der Waals surface area contributed by atoms with Gasteiger partial charge in [0.25, 0.3) is 0 Å². The molecular formula is C11H19Cl2N3S. The van der Waals surface area contributed by atoms with E-state index in [0.717, 1.165) is 25.2 Å². The first kappa shape index (κ1) is 16.7. The smallest absolute Gasteiger partial charge is 0.180 e. The molecule has 2 heterocycles. The molecule has 0 radical (unpaired) electrons. The van der Waals surface area contributed by atoms with E-state index in [1.807, 2.05) is 0 Å². The van der Waals surface area contributed by atoms with Crippen molar-refractivity contribution in [3.63, 3.8) is 0 Å². The largest absolute Gasteiger partial charge is 0.375 e. The normalized spacial score (nSPS) is 15.7. The van der Waals surface area contributed by atoms with Crippen LogP contribution in [0.25, 0.3) is 5.57 Å². The fourth-order valence-electron chi connectivity index (χ4n) is 1.90. The van der Waals surface area contributed by atoms with Gasteiger partial charge in [0.2, 0.25) is 0 Å². The van der Waals surface area contributed by atoms with E-state index >= 15 is 0 Å². The van der Waals surface area contributed by atoms with E-state index in [4.69, 9.17) is 5.73 Å². The van der Waals surface area contributed by atoms with Gasteiger partial charge in [0.15, 0.2) is 5.13 Å². The minimum atomic E-state index is 0. The predicted octanol–water partition coefficient (Wildman–Crippen LogP) is 3.07. The molecule has 0 aromatic carbocycles. The van der Waals surface area contributed by atoms with Gasteiger partial charge in [-0.05, 0) is 25.0 Å². The molecule has 0 unspecified atom stereocenters. The Kier molecular flexibility index (Phi) is 7.79. The molecule has 1 aliphatic rings. The lowest BCUT2D eigenvalue weighted by Gasteiger charge is -2.25. The minimum Gasteiger partial charge on any atom is -0.375 e. The number of nitrogens with zero attached hydrogens (tertiary/aromatic N) is 2. The van der Waals surface area contributed by atoms with Crippen molar-refractivity contribution in [1.82, 2.24) is 9.88 Å². The lowest BCUT2D eigenvalue weighted by molar-refractivity contribution is 0.302. The molecule has 0 saturated heterocycles. The molecular weight excluding hydrogens is 277 g/mol. The summed E-state index contributed by atoms with van der Waals surface area (Å²) in [5.41, 5.74) is 8.06. The summed E-state index contributed by atoms with van der Waals surface area (Å²) in [4.78, 5) is 6.79. The molecule has 2 rings (SSSR count). The van der Waals surface area contributed by atoms with Crippen molar-refractivity contribution in [3.05, 3.63) is 17.2 Å². The number of rotatable bonds is 3. The van der Waals surface area contributed by atoms with Crippen molar-refractivity contribution in [3.8, 4) is 0 Å². The van der Waals surface area contributed by atoms with Crippen molar-refractivity contribution in [2.45, 2.75) is 19.8 Å². The summed E-state index contributed by atoms with van der Waals surface area (Å²) in [6, 6.07) is 0. The molecule has 1 aliphatic heterocycles. The van der Waals surface area contributed by atoms with Crippen LogP contribution < -0.4 is 5.73 Å². The van der Waals surface area contributed by atoms with Gasteiger partial charge in [0.1, 0.15) is 0 Å². The van der Waals surface area contributed by atoms with Crippen LogP contribution in [0.1, 0.15) is 25.5 Å². The van der Waals surface area contributed by atoms with Crippen LogP contribution in [-0.4, -0.2) is 29.5 Å². The second-order valence-corrected chi connectivity index (χ2v) is 4.74. The molecule has 0 bridgehead atoms. The van der Waals surface area contributed by atoms with Crippen LogP contribution in [0, 0.1) is 0 Å². The molecule has 98 valence electrons. The van der Waals surface area contributed by atoms with Gasteiger partial charge in [-0.2, -0.15) is 0 Å². The summed E-state index contributed by atoms with van der Waals surface area (Å²) in [5.74, 6) is 0. The Morgan fingerprint density at radius 2 is 2.24 bits per heavy atom. The molecule has 0 atom stereocenters. The zero-order valence-corrected chi connectivity index (χ0v) is 12.3. The second kappa shape index (κ2) is 7.93. The number of hydrogen-bond acceptors (Lipinski definition) is 4. The maximum atomic E-state index is 5.63. The minimum absolute atomic E-state index is 0. The summed E-state index contributed by atoms with van der Waals surface area (Å²) >= 11 is 1.52. The Bertz CT molecular complexity index is 365. The molecule has 0 saturated carbocycles. The Morgan fingerprint density at radius 3 is 2.71 bits per heavy atom. The van der Waals surface area contributed by atoms with Crippen molar-refractivity contribution in [2.24, 2.45) is 0 Å². The predicted molar refractivity (Wildman–Crippen MR) is 80.3 cm³/mol. The highest BCUT2D eigenvalue weighted by molar-refractivity contribution is 7.13. The molecule has 0 aliphatic carbocycles. The summed E-state index contributed by atoms with van der Waals surface area (Å²) in [5, 5.41) is 2.72. The molecule has 0 spiro atoms. The third-order valence-corrected chi connectivity index (χ3v) is 3.36. The zero-order chi connectivity index (χ0) is 10.7. The maximum Gasteiger partial charge on any atom is 0.180 e. The van der Waals surface area contributed by atoms with Gasteiger partial charge >= 0.3 is 0 Å². The fourth-order valence-corrected chi connectivity index (χ4v) is 2.49. The quantitative estimate of drug-likeness (QED) is 0.932. The lowest BCUT2D eigenvalue weighted by atomic mass is 10.1. The van der Waals surface area contributed by atoms with Crippen LogP contribution >= 0.6 is 36.2 Å². The fraction of sp³-hybridized carbons (Fsp3) is 0.545. The summed E-state index contributed by atoms with van der Waals surface area (Å²) in [7, 11) is 0. The molecule has 3 nitrogen and oxygen atoms in total. The Morgan fingerprint density at radius 1 is 1.47 bits per heavy atom. The van der Waals surface area contributed by atoms with E-state index in [0.29, 0.717) is 5.13 Å². The van der Waals surface area contributed by atoms with Crippen LogP contribution in [0.5, 0.6) is 0 Å². The number of anilines is 1. The Balaban J connectivity index is 0.00000128. The number of nitrogen functional groups attached to an aromatic ring is 1. The summed E-state index contributed by atoms with van der Waals surface area (Å²) < 4.78 is 0. The van der Waals surface area contributed by atoms with Crippen molar-refractivity contribution in [2.75, 3.05) is 25.4 Å². The zero-order valence-electron chi connectivity index (χ0n) is 9.89. The summed E-state index contributed by atoms with van der Waals surface area (Å²) in [6.45, 7) is 5.63. The topological polar surface area (TPSA) is 42.1 Å². The van der Waals surface area contributed by atoms with E-state index in [9.17, 15) is 0 Å². The maximum absolute atomic E-state index is 5.63. The average molecular weight is 296 g/mol. The van der Waals surface area contributed by atoms with Crippen molar-refractivity contribution < 1.29 is 0 Å². The average Bonchev–Trinajstić information content (AvgIpc) is 2.67. The highest BCUT2D eigenvalue weighted by Crippen LogP contribution is 2.24. The van der Waals surface area contributed by atoms with Crippen molar-refractivity contribution >= 4 is 46.9 Å². The van der Waals surface area contributed by atoms with Gasteiger partial charge in [0, 0.05) is 18.5 Å². The number of halogens is 2. The van der Waals surface area contributed by atoms with E-state index in [-0.39, 0.29) is 24.8 Å². The molecule has 17 heavy (non-hydrogen) atoms. The van der Waals surface area contributed by atoms with E-state index < -0.39 is 0 Å². The molecule has 2 N–H and O–H groups in total. The molecule has 6 heteroatoms. The van der Waals surface area contributed by atoms with Gasteiger partial charge in [-0.15, -0.1) is 36.2 Å². The second-order valence-electron chi connectivity index (χ2n) is 3.85. The van der Waals surface area contributed by atoms with E-state index in [2.05, 4.69) is 28.3 Å². The van der Waals surface area contributed by atoms with E-state index in [1.54, 1.807) is 0 Å². The van der Waals surface area contributed by atoms with Crippen LogP contribution in [0.4, 0.5) is 5.13 Å². The summed E-state index contributed by atoms with van der Waals surface area (Å²) in [6.07, 6.45) is 4.61. The van der Waals surface area contributed by atoms with Gasteiger partial charge in [-0.3, -0.25) is 4.90 Å². The molecule has 1 aromatic heterocycles. The standard InChI is InChI=1S/C11H17N3S.2ClH/c1-2-5-14-6-3-9(4-7-14)10-8-15-11(12)13-10;;/h3,8H,2,4-7H2,1H3,(H2,12,13);2*1H. The highest BCUT2D eigenvalue weighted by Gasteiger charge is 2.13. The lowest BCUT2D eigenvalue weighted by Crippen LogP contribution is -2.29. The van der Waals surface area contributed by atoms with Crippen LogP contribution in [0.2, 0.25) is 0 Å². The first-order chi connectivity index (χ1) is 7.29. The number of hydrogen-bond donors (Lipinski definition) is 1. The molecule has 0 amide bonds. The highest BCUT2D eigenvalue weighted by atomic mass is 35.5. The first-order valence-corrected chi connectivity index (χ1v) is 6.30. The van der Waals surface area contributed by atoms with Gasteiger partial charge in [-0.1, -0.05) is 13.0 Å². The first-order valence-electron chi connectivity index (χ1n) is 5.42. The van der Waals surface area contributed by atoms with Gasteiger partial charge in [0.05, 0.1) is 5.69 Å². The van der Waals surface area contributed by atoms with Crippen molar-refractivity contribution in [1.29, 1.82) is 0 Å². The third-order valence-electron chi connectivity index (χ3n) is 2.68. The van der Waals surface area contributed by atoms with Gasteiger partial charge in [-0.25, -0.2) is 4.98 Å². The van der Waals surface area contributed by atoms with Crippen LogP contribution in [0.3, 0.4) is 0 Å². The number of aromatic nitrogens is 1. The van der Waals surface area contributed by atoms with Crippen LogP contribution in [-0.2, 0) is 0 Å².